The summed E-state index contributed by atoms with van der Waals surface area (Å²) in [6.07, 6.45) is 0. The lowest BCUT2D eigenvalue weighted by Gasteiger charge is -2.10. The van der Waals surface area contributed by atoms with Gasteiger partial charge in [0.2, 0.25) is 0 Å². The third kappa shape index (κ3) is 2.69. The molecule has 0 saturated heterocycles. The molecule has 0 aliphatic carbocycles. The molecule has 0 unspecified atom stereocenters. The van der Waals surface area contributed by atoms with Crippen LogP contribution in [0.25, 0.3) is 33.0 Å². The number of rotatable bonds is 2. The fourth-order valence-electron chi connectivity index (χ4n) is 3.01. The number of halogens is 1. The number of fused-ring (bicyclic) bond motifs is 1. The molecule has 4 aromatic carbocycles. The summed E-state index contributed by atoms with van der Waals surface area (Å²) in [6, 6.07) is 32.1. The fraction of sp³-hybridized carbons (Fsp3) is 0. The molecule has 0 amide bonds. The fourth-order valence-corrected chi connectivity index (χ4v) is 3.62. The topological polar surface area (TPSA) is 0 Å². The first kappa shape index (κ1) is 14.2. The van der Waals surface area contributed by atoms with Gasteiger partial charge in [-0.2, -0.15) is 0 Å². The summed E-state index contributed by atoms with van der Waals surface area (Å²) in [5.41, 5.74) is 4.94. The van der Waals surface area contributed by atoms with Gasteiger partial charge in [0.25, 0.3) is 0 Å². The van der Waals surface area contributed by atoms with E-state index >= 15 is 0 Å². The third-order valence-corrected chi connectivity index (χ3v) is 4.81. The minimum Gasteiger partial charge on any atom is -0.0622 e. The smallest absolute Gasteiger partial charge is 0.0259 e. The summed E-state index contributed by atoms with van der Waals surface area (Å²) in [5.74, 6) is 0. The number of benzene rings is 4. The Balaban J connectivity index is 1.86. The predicted molar refractivity (Wildman–Crippen MR) is 103 cm³/mol. The van der Waals surface area contributed by atoms with Crippen LogP contribution in [0.2, 0.25) is 0 Å². The van der Waals surface area contributed by atoms with Crippen molar-refractivity contribution in [3.8, 4) is 22.3 Å². The first-order valence-electron chi connectivity index (χ1n) is 7.66. The molecule has 0 aliphatic heterocycles. The molecule has 0 spiro atoms. The molecular formula is C22H15Br. The second kappa shape index (κ2) is 6.02. The summed E-state index contributed by atoms with van der Waals surface area (Å²) in [6.45, 7) is 0. The van der Waals surface area contributed by atoms with Crippen LogP contribution >= 0.6 is 15.9 Å². The summed E-state index contributed by atoms with van der Waals surface area (Å²) in [5, 5.41) is 2.56. The zero-order valence-corrected chi connectivity index (χ0v) is 14.1. The van der Waals surface area contributed by atoms with Crippen LogP contribution in [0, 0.1) is 0 Å². The molecule has 0 fully saturated rings. The first-order chi connectivity index (χ1) is 11.3. The number of hydrogen-bond donors (Lipinski definition) is 0. The van der Waals surface area contributed by atoms with E-state index < -0.39 is 0 Å². The van der Waals surface area contributed by atoms with E-state index in [1.54, 1.807) is 0 Å². The second-order valence-corrected chi connectivity index (χ2v) is 6.44. The molecular weight excluding hydrogens is 344 g/mol. The predicted octanol–water partition coefficient (Wildman–Crippen LogP) is 6.94. The average molecular weight is 359 g/mol. The SMILES string of the molecule is Brc1cc(-c2cccc3ccccc23)ccc1-c1ccccc1. The molecule has 0 radical (unpaired) electrons. The van der Waals surface area contributed by atoms with E-state index in [2.05, 4.69) is 101 Å². The van der Waals surface area contributed by atoms with Crippen molar-refractivity contribution < 1.29 is 0 Å². The molecule has 0 aliphatic rings. The van der Waals surface area contributed by atoms with Crippen LogP contribution in [-0.4, -0.2) is 0 Å². The normalized spacial score (nSPS) is 10.8. The monoisotopic (exact) mass is 358 g/mol. The molecule has 0 aromatic heterocycles. The Morgan fingerprint density at radius 1 is 0.522 bits per heavy atom. The molecule has 0 nitrogen and oxygen atoms in total. The van der Waals surface area contributed by atoms with E-state index in [-0.39, 0.29) is 0 Å². The Bertz CT molecular complexity index is 966. The van der Waals surface area contributed by atoms with Crippen LogP contribution < -0.4 is 0 Å². The van der Waals surface area contributed by atoms with E-state index in [1.165, 1.54) is 33.0 Å². The standard InChI is InChI=1S/C22H15Br/c23-22-15-18(13-14-21(22)17-7-2-1-3-8-17)20-12-6-10-16-9-4-5-11-19(16)20/h1-15H. The van der Waals surface area contributed by atoms with E-state index in [0.717, 1.165) is 4.47 Å². The van der Waals surface area contributed by atoms with Gasteiger partial charge >= 0.3 is 0 Å². The molecule has 0 saturated carbocycles. The van der Waals surface area contributed by atoms with Gasteiger partial charge in [-0.1, -0.05) is 101 Å². The number of hydrogen-bond acceptors (Lipinski definition) is 0. The van der Waals surface area contributed by atoms with Crippen molar-refractivity contribution in [1.82, 2.24) is 0 Å². The summed E-state index contributed by atoms with van der Waals surface area (Å²) < 4.78 is 1.12. The lowest BCUT2D eigenvalue weighted by atomic mass is 9.96. The van der Waals surface area contributed by atoms with Gasteiger partial charge in [0.1, 0.15) is 0 Å². The molecule has 0 bridgehead atoms. The largest absolute Gasteiger partial charge is 0.0622 e. The van der Waals surface area contributed by atoms with Gasteiger partial charge < -0.3 is 0 Å². The zero-order chi connectivity index (χ0) is 15.6. The Labute approximate surface area is 144 Å². The lowest BCUT2D eigenvalue weighted by Crippen LogP contribution is -1.84. The minimum atomic E-state index is 1.12. The van der Waals surface area contributed by atoms with Gasteiger partial charge in [-0.25, -0.2) is 0 Å². The summed E-state index contributed by atoms with van der Waals surface area (Å²) >= 11 is 3.75. The van der Waals surface area contributed by atoms with Gasteiger partial charge in [-0.05, 0) is 39.1 Å². The van der Waals surface area contributed by atoms with E-state index in [4.69, 9.17) is 0 Å². The molecule has 0 atom stereocenters. The highest BCUT2D eigenvalue weighted by Crippen LogP contribution is 2.35. The highest BCUT2D eigenvalue weighted by atomic mass is 79.9. The van der Waals surface area contributed by atoms with Crippen molar-refractivity contribution in [2.75, 3.05) is 0 Å². The van der Waals surface area contributed by atoms with Crippen molar-refractivity contribution in [3.63, 3.8) is 0 Å². The molecule has 23 heavy (non-hydrogen) atoms. The lowest BCUT2D eigenvalue weighted by molar-refractivity contribution is 1.57. The Morgan fingerprint density at radius 2 is 1.26 bits per heavy atom. The van der Waals surface area contributed by atoms with Crippen molar-refractivity contribution in [2.45, 2.75) is 0 Å². The van der Waals surface area contributed by atoms with Crippen LogP contribution in [0.4, 0.5) is 0 Å². The van der Waals surface area contributed by atoms with Crippen molar-refractivity contribution in [3.05, 3.63) is 95.5 Å². The molecule has 110 valence electrons. The van der Waals surface area contributed by atoms with Gasteiger partial charge in [-0.3, -0.25) is 0 Å². The highest BCUT2D eigenvalue weighted by molar-refractivity contribution is 9.10. The quantitative estimate of drug-likeness (QED) is 0.364. The van der Waals surface area contributed by atoms with E-state index in [1.807, 2.05) is 6.07 Å². The van der Waals surface area contributed by atoms with Gasteiger partial charge in [0, 0.05) is 4.47 Å². The van der Waals surface area contributed by atoms with Crippen LogP contribution in [0.1, 0.15) is 0 Å². The highest BCUT2D eigenvalue weighted by Gasteiger charge is 2.07. The maximum absolute atomic E-state index is 3.75. The van der Waals surface area contributed by atoms with Crippen LogP contribution in [0.5, 0.6) is 0 Å². The maximum Gasteiger partial charge on any atom is 0.0259 e. The Morgan fingerprint density at radius 3 is 2.09 bits per heavy atom. The van der Waals surface area contributed by atoms with E-state index in [9.17, 15) is 0 Å². The zero-order valence-electron chi connectivity index (χ0n) is 12.5. The van der Waals surface area contributed by atoms with Crippen LogP contribution in [0.15, 0.2) is 95.5 Å². The van der Waals surface area contributed by atoms with Crippen LogP contribution in [0.3, 0.4) is 0 Å². The van der Waals surface area contributed by atoms with Crippen molar-refractivity contribution in [2.24, 2.45) is 0 Å². The Kier molecular flexibility index (Phi) is 3.72. The average Bonchev–Trinajstić information content (AvgIpc) is 2.62. The minimum absolute atomic E-state index is 1.12. The van der Waals surface area contributed by atoms with Gasteiger partial charge in [0.15, 0.2) is 0 Å². The summed E-state index contributed by atoms with van der Waals surface area (Å²) in [7, 11) is 0. The third-order valence-electron chi connectivity index (χ3n) is 4.15. The van der Waals surface area contributed by atoms with Crippen molar-refractivity contribution >= 4 is 26.7 Å². The molecule has 1 heteroatoms. The van der Waals surface area contributed by atoms with Gasteiger partial charge in [-0.15, -0.1) is 0 Å². The van der Waals surface area contributed by atoms with E-state index in [0.29, 0.717) is 0 Å². The van der Waals surface area contributed by atoms with Crippen LogP contribution in [-0.2, 0) is 0 Å². The van der Waals surface area contributed by atoms with Crippen molar-refractivity contribution in [1.29, 1.82) is 0 Å². The van der Waals surface area contributed by atoms with Gasteiger partial charge in [0.05, 0.1) is 0 Å². The second-order valence-electron chi connectivity index (χ2n) is 5.59. The molecule has 0 N–H and O–H groups in total. The Hall–Kier alpha value is -2.38. The maximum atomic E-state index is 3.75. The molecule has 4 aromatic rings. The summed E-state index contributed by atoms with van der Waals surface area (Å²) in [4.78, 5) is 0. The first-order valence-corrected chi connectivity index (χ1v) is 8.45. The molecule has 0 heterocycles. The molecule has 4 rings (SSSR count).